The van der Waals surface area contributed by atoms with Crippen LogP contribution in [0.25, 0.3) is 0 Å². The lowest BCUT2D eigenvalue weighted by molar-refractivity contribution is -0.121. The largest absolute Gasteiger partial charge is 0.504 e. The van der Waals surface area contributed by atoms with Crippen molar-refractivity contribution in [1.82, 2.24) is 15.2 Å². The smallest absolute Gasteiger partial charge is 0.356 e. The number of phenols is 1. The van der Waals surface area contributed by atoms with Gasteiger partial charge in [-0.1, -0.05) is 18.2 Å². The number of esters is 1. The number of carbonyl (C=O) groups is 2. The average Bonchev–Trinajstić information content (AvgIpc) is 3.29. The van der Waals surface area contributed by atoms with Crippen molar-refractivity contribution in [3.63, 3.8) is 0 Å². The third-order valence-corrected chi connectivity index (χ3v) is 6.83. The van der Waals surface area contributed by atoms with Crippen LogP contribution in [-0.2, 0) is 22.5 Å². The van der Waals surface area contributed by atoms with Gasteiger partial charge in [-0.25, -0.2) is 9.78 Å². The molecule has 4 bridgehead atoms. The minimum absolute atomic E-state index is 0.0153. The van der Waals surface area contributed by atoms with Crippen molar-refractivity contribution in [2.24, 2.45) is 0 Å². The summed E-state index contributed by atoms with van der Waals surface area (Å²) >= 11 is 0. The zero-order valence-corrected chi connectivity index (χ0v) is 20.8. The molecule has 2 aliphatic heterocycles. The van der Waals surface area contributed by atoms with Crippen LogP contribution >= 0.6 is 0 Å². The van der Waals surface area contributed by atoms with E-state index in [-0.39, 0.29) is 29.3 Å². The summed E-state index contributed by atoms with van der Waals surface area (Å²) in [4.78, 5) is 31.5. The number of aryl methyl sites for hydroxylation is 1. The molecular formula is C28H29N3O6. The van der Waals surface area contributed by atoms with Crippen LogP contribution in [0.15, 0.2) is 54.6 Å². The molecule has 5 rings (SSSR count). The number of aromatic hydroxyl groups is 1. The second kappa shape index (κ2) is 10.5. The molecule has 2 aromatic carbocycles. The van der Waals surface area contributed by atoms with Gasteiger partial charge >= 0.3 is 5.97 Å². The van der Waals surface area contributed by atoms with Crippen LogP contribution in [-0.4, -0.2) is 60.2 Å². The molecule has 3 heterocycles. The summed E-state index contributed by atoms with van der Waals surface area (Å²) < 4.78 is 16.4. The molecule has 3 aromatic rings. The lowest BCUT2D eigenvalue weighted by atomic mass is 9.93. The zero-order chi connectivity index (χ0) is 25.9. The van der Waals surface area contributed by atoms with Crippen molar-refractivity contribution in [3.8, 4) is 23.0 Å². The van der Waals surface area contributed by atoms with Crippen molar-refractivity contribution in [2.45, 2.75) is 31.3 Å². The monoisotopic (exact) mass is 503 g/mol. The number of nitrogens with zero attached hydrogens (tertiary/aromatic N) is 2. The Labute approximate surface area is 215 Å². The van der Waals surface area contributed by atoms with E-state index in [1.54, 1.807) is 37.4 Å². The summed E-state index contributed by atoms with van der Waals surface area (Å²) in [5.41, 5.74) is 2.88. The van der Waals surface area contributed by atoms with Crippen LogP contribution in [0, 0.1) is 0 Å². The van der Waals surface area contributed by atoms with Crippen molar-refractivity contribution in [3.05, 3.63) is 77.1 Å². The Morgan fingerprint density at radius 3 is 2.78 bits per heavy atom. The minimum atomic E-state index is -0.477. The SMILES string of the molecule is COC(=O)c1cccc(CN2C[C@H]3NC(=O)CCc4ccc(O)c(c4)Oc4cc(ccc4OC)[C@@H]3C2)n1. The number of benzene rings is 2. The second-order valence-electron chi connectivity index (χ2n) is 9.29. The highest BCUT2D eigenvalue weighted by molar-refractivity contribution is 5.87. The number of pyridine rings is 1. The third-order valence-electron chi connectivity index (χ3n) is 6.83. The number of hydrogen-bond acceptors (Lipinski definition) is 8. The predicted molar refractivity (Wildman–Crippen MR) is 135 cm³/mol. The van der Waals surface area contributed by atoms with Crippen molar-refractivity contribution >= 4 is 11.9 Å². The van der Waals surface area contributed by atoms with E-state index in [1.807, 2.05) is 24.3 Å². The first-order chi connectivity index (χ1) is 17.9. The Bertz CT molecular complexity index is 1330. The van der Waals surface area contributed by atoms with E-state index in [4.69, 9.17) is 14.2 Å². The van der Waals surface area contributed by atoms with Crippen LogP contribution in [0.3, 0.4) is 0 Å². The van der Waals surface area contributed by atoms with Gasteiger partial charge in [0.25, 0.3) is 0 Å². The van der Waals surface area contributed by atoms with Crippen molar-refractivity contribution in [1.29, 1.82) is 0 Å². The molecule has 37 heavy (non-hydrogen) atoms. The van der Waals surface area contributed by atoms with Crippen LogP contribution in [0.5, 0.6) is 23.0 Å². The van der Waals surface area contributed by atoms with Crippen LogP contribution in [0.4, 0.5) is 0 Å². The Balaban J connectivity index is 1.46. The summed E-state index contributed by atoms with van der Waals surface area (Å²) in [5, 5.41) is 13.6. The number of amides is 1. The summed E-state index contributed by atoms with van der Waals surface area (Å²) in [5.74, 6) is 0.834. The lowest BCUT2D eigenvalue weighted by Gasteiger charge is -2.21. The molecule has 0 unspecified atom stereocenters. The molecule has 0 spiro atoms. The van der Waals surface area contributed by atoms with Crippen molar-refractivity contribution in [2.75, 3.05) is 27.3 Å². The molecule has 1 amide bonds. The standard InChI is InChI=1S/C28H29N3O6/c1-35-24-10-8-18-13-26(24)37-25-12-17(6-9-23(25)32)7-11-27(33)30-22-16-31(15-20(18)22)14-19-4-3-5-21(29-19)28(34)36-2/h3-6,8-10,12-13,20,22,32H,7,11,14-16H2,1-2H3,(H,30,33)/t20-,22+/m0/s1. The maximum atomic E-state index is 12.9. The van der Waals surface area contributed by atoms with Gasteiger partial charge < -0.3 is 24.6 Å². The quantitative estimate of drug-likeness (QED) is 0.522. The van der Waals surface area contributed by atoms with E-state index in [0.717, 1.165) is 16.8 Å². The number of ether oxygens (including phenoxy) is 3. The summed E-state index contributed by atoms with van der Waals surface area (Å²) in [6, 6.07) is 16.0. The summed E-state index contributed by atoms with van der Waals surface area (Å²) in [6.07, 6.45) is 0.833. The molecule has 2 N–H and O–H groups in total. The number of phenolic OH excluding ortho intramolecular Hbond substituents is 1. The molecule has 192 valence electrons. The van der Waals surface area contributed by atoms with Gasteiger partial charge in [0.2, 0.25) is 5.91 Å². The van der Waals surface area contributed by atoms with Gasteiger partial charge in [-0.05, 0) is 53.9 Å². The first-order valence-electron chi connectivity index (χ1n) is 12.2. The fraction of sp³-hybridized carbons (Fsp3) is 0.321. The number of aromatic nitrogens is 1. The molecule has 9 heteroatoms. The number of likely N-dealkylation sites (tertiary alicyclic amines) is 1. The van der Waals surface area contributed by atoms with E-state index in [1.165, 1.54) is 7.11 Å². The number of nitrogens with one attached hydrogen (secondary N) is 1. The zero-order valence-electron chi connectivity index (χ0n) is 20.8. The maximum Gasteiger partial charge on any atom is 0.356 e. The van der Waals surface area contributed by atoms with E-state index < -0.39 is 5.97 Å². The maximum absolute atomic E-state index is 12.9. The first kappa shape index (κ1) is 24.6. The van der Waals surface area contributed by atoms with E-state index in [0.29, 0.717) is 49.7 Å². The average molecular weight is 504 g/mol. The van der Waals surface area contributed by atoms with Gasteiger partial charge in [0.05, 0.1) is 19.9 Å². The number of methoxy groups -OCH3 is 2. The number of hydrogen-bond donors (Lipinski definition) is 2. The highest BCUT2D eigenvalue weighted by Gasteiger charge is 2.35. The molecular weight excluding hydrogens is 474 g/mol. The predicted octanol–water partition coefficient (Wildman–Crippen LogP) is 3.41. The molecule has 1 aromatic heterocycles. The van der Waals surface area contributed by atoms with Gasteiger partial charge in [0.15, 0.2) is 23.0 Å². The molecule has 2 atom stereocenters. The molecule has 1 saturated heterocycles. The molecule has 0 aliphatic carbocycles. The van der Waals surface area contributed by atoms with E-state index in [2.05, 4.69) is 15.2 Å². The van der Waals surface area contributed by atoms with Crippen LogP contribution < -0.4 is 14.8 Å². The number of carbonyl (C=O) groups excluding carboxylic acids is 2. The van der Waals surface area contributed by atoms with Gasteiger partial charge in [0.1, 0.15) is 5.69 Å². The van der Waals surface area contributed by atoms with Crippen LogP contribution in [0.2, 0.25) is 0 Å². The Morgan fingerprint density at radius 2 is 1.97 bits per heavy atom. The fourth-order valence-electron chi connectivity index (χ4n) is 4.97. The van der Waals surface area contributed by atoms with Crippen LogP contribution in [0.1, 0.15) is 39.6 Å². The van der Waals surface area contributed by atoms with Gasteiger partial charge in [-0.3, -0.25) is 9.69 Å². The highest BCUT2D eigenvalue weighted by atomic mass is 16.5. The number of rotatable bonds is 4. The Hall–Kier alpha value is -4.11. The lowest BCUT2D eigenvalue weighted by Crippen LogP contribution is -2.39. The van der Waals surface area contributed by atoms with Crippen molar-refractivity contribution < 1.29 is 28.9 Å². The molecule has 2 aliphatic rings. The topological polar surface area (TPSA) is 110 Å². The van der Waals surface area contributed by atoms with E-state index >= 15 is 0 Å². The molecule has 0 saturated carbocycles. The molecule has 1 fully saturated rings. The minimum Gasteiger partial charge on any atom is -0.504 e. The van der Waals surface area contributed by atoms with Gasteiger partial charge in [-0.2, -0.15) is 0 Å². The second-order valence-corrected chi connectivity index (χ2v) is 9.29. The summed E-state index contributed by atoms with van der Waals surface area (Å²) in [6.45, 7) is 1.81. The Morgan fingerprint density at radius 1 is 1.11 bits per heavy atom. The van der Waals surface area contributed by atoms with Gasteiger partial charge in [0, 0.05) is 38.0 Å². The highest BCUT2D eigenvalue weighted by Crippen LogP contribution is 2.40. The van der Waals surface area contributed by atoms with Gasteiger partial charge in [-0.15, -0.1) is 0 Å². The Kier molecular flexibility index (Phi) is 6.96. The molecule has 9 nitrogen and oxygen atoms in total. The number of fused-ring (bicyclic) bond motifs is 6. The summed E-state index contributed by atoms with van der Waals surface area (Å²) in [7, 11) is 2.90. The third kappa shape index (κ3) is 5.36. The normalized spacial score (nSPS) is 19.4. The molecule has 0 radical (unpaired) electrons. The fourth-order valence-corrected chi connectivity index (χ4v) is 4.97. The first-order valence-corrected chi connectivity index (χ1v) is 12.2. The van der Waals surface area contributed by atoms with E-state index in [9.17, 15) is 14.7 Å².